The van der Waals surface area contributed by atoms with Gasteiger partial charge >= 0.3 is 6.18 Å². The van der Waals surface area contributed by atoms with Gasteiger partial charge in [-0.2, -0.15) is 13.2 Å². The molecule has 0 saturated carbocycles. The molecule has 8 heteroatoms. The quantitative estimate of drug-likeness (QED) is 0.537. The minimum absolute atomic E-state index is 0.0754. The van der Waals surface area contributed by atoms with E-state index in [4.69, 9.17) is 11.6 Å². The number of carbonyl (C=O) groups excluding carboxylic acids is 2. The molecule has 25 heavy (non-hydrogen) atoms. The smallest absolute Gasteiger partial charge is 0.355 e. The zero-order valence-corrected chi connectivity index (χ0v) is 15.1. The molecule has 1 aromatic rings. The normalized spacial score (nSPS) is 12.0. The van der Waals surface area contributed by atoms with Crippen LogP contribution in [0.4, 0.5) is 18.9 Å². The van der Waals surface area contributed by atoms with Crippen LogP contribution in [-0.4, -0.2) is 18.4 Å². The lowest BCUT2D eigenvalue weighted by Gasteiger charge is -2.23. The molecular formula is C17H22ClF3N2O2. The average molecular weight is 379 g/mol. The van der Waals surface area contributed by atoms with Crippen molar-refractivity contribution in [3.8, 4) is 0 Å². The Morgan fingerprint density at radius 1 is 1.12 bits per heavy atom. The summed E-state index contributed by atoms with van der Waals surface area (Å²) in [7, 11) is 0. The first-order chi connectivity index (χ1) is 11.5. The first-order valence-electron chi connectivity index (χ1n) is 7.96. The number of alkyl halides is 3. The molecule has 0 aromatic heterocycles. The second-order valence-corrected chi connectivity index (χ2v) is 6.64. The van der Waals surface area contributed by atoms with Crippen LogP contribution in [0.2, 0.25) is 5.02 Å². The van der Waals surface area contributed by atoms with Gasteiger partial charge in [-0.25, -0.2) is 0 Å². The summed E-state index contributed by atoms with van der Waals surface area (Å²) in [6, 6.07) is 3.05. The van der Waals surface area contributed by atoms with Crippen LogP contribution in [0, 0.1) is 5.41 Å². The first-order valence-corrected chi connectivity index (χ1v) is 8.34. The summed E-state index contributed by atoms with van der Waals surface area (Å²) < 4.78 is 38.6. The fourth-order valence-electron chi connectivity index (χ4n) is 2.01. The van der Waals surface area contributed by atoms with Gasteiger partial charge in [0.05, 0.1) is 10.6 Å². The number of amides is 2. The second-order valence-electron chi connectivity index (χ2n) is 6.23. The highest BCUT2D eigenvalue weighted by atomic mass is 35.5. The van der Waals surface area contributed by atoms with Crippen LogP contribution in [0.3, 0.4) is 0 Å². The third kappa shape index (κ3) is 5.92. The fourth-order valence-corrected chi connectivity index (χ4v) is 2.23. The van der Waals surface area contributed by atoms with Crippen molar-refractivity contribution in [2.45, 2.75) is 46.2 Å². The Morgan fingerprint density at radius 2 is 1.76 bits per heavy atom. The van der Waals surface area contributed by atoms with Gasteiger partial charge in [0.2, 0.25) is 11.8 Å². The number of benzene rings is 1. The molecule has 0 aliphatic carbocycles. The molecule has 0 heterocycles. The number of carbonyl (C=O) groups is 2. The third-order valence-corrected chi connectivity index (χ3v) is 4.06. The molecule has 0 aliphatic rings. The molecule has 0 fully saturated rings. The summed E-state index contributed by atoms with van der Waals surface area (Å²) in [5.41, 5.74) is -2.55. The highest BCUT2D eigenvalue weighted by molar-refractivity contribution is 6.31. The van der Waals surface area contributed by atoms with Gasteiger partial charge in [-0.3, -0.25) is 9.59 Å². The number of rotatable bonds is 7. The molecular weight excluding hydrogens is 357 g/mol. The lowest BCUT2D eigenvalue weighted by Crippen LogP contribution is -2.45. The SMILES string of the molecule is CCCCCNC(=O)C(C)(C)C(=O)Nc1ccc(Cl)c(C(F)(F)F)c1. The van der Waals surface area contributed by atoms with Crippen LogP contribution in [-0.2, 0) is 15.8 Å². The van der Waals surface area contributed by atoms with E-state index in [0.29, 0.717) is 6.54 Å². The van der Waals surface area contributed by atoms with E-state index in [-0.39, 0.29) is 5.69 Å². The Bertz CT molecular complexity index is 631. The molecule has 4 nitrogen and oxygen atoms in total. The molecule has 2 N–H and O–H groups in total. The van der Waals surface area contributed by atoms with Crippen molar-refractivity contribution in [3.05, 3.63) is 28.8 Å². The van der Waals surface area contributed by atoms with Gasteiger partial charge in [0.1, 0.15) is 5.41 Å². The average Bonchev–Trinajstić information content (AvgIpc) is 2.51. The van der Waals surface area contributed by atoms with Crippen LogP contribution in [0.25, 0.3) is 0 Å². The molecule has 1 rings (SSSR count). The Hall–Kier alpha value is -1.76. The summed E-state index contributed by atoms with van der Waals surface area (Å²) in [6.45, 7) is 5.30. The molecule has 0 bridgehead atoms. The summed E-state index contributed by atoms with van der Waals surface area (Å²) >= 11 is 5.54. The zero-order valence-electron chi connectivity index (χ0n) is 14.4. The second kappa shape index (κ2) is 8.56. The van der Waals surface area contributed by atoms with E-state index in [1.807, 2.05) is 6.92 Å². The van der Waals surface area contributed by atoms with Gasteiger partial charge in [-0.15, -0.1) is 0 Å². The lowest BCUT2D eigenvalue weighted by atomic mass is 9.90. The Morgan fingerprint density at radius 3 is 2.32 bits per heavy atom. The topological polar surface area (TPSA) is 58.2 Å². The maximum Gasteiger partial charge on any atom is 0.417 e. The highest BCUT2D eigenvalue weighted by Crippen LogP contribution is 2.36. The molecule has 0 radical (unpaired) electrons. The van der Waals surface area contributed by atoms with Crippen molar-refractivity contribution in [3.63, 3.8) is 0 Å². The van der Waals surface area contributed by atoms with E-state index in [1.165, 1.54) is 19.9 Å². The maximum atomic E-state index is 12.9. The molecule has 0 atom stereocenters. The summed E-state index contributed by atoms with van der Waals surface area (Å²) in [5, 5.41) is 4.55. The highest BCUT2D eigenvalue weighted by Gasteiger charge is 2.37. The zero-order chi connectivity index (χ0) is 19.3. The van der Waals surface area contributed by atoms with Crippen LogP contribution in [0.5, 0.6) is 0 Å². The van der Waals surface area contributed by atoms with Gasteiger partial charge in [-0.1, -0.05) is 31.4 Å². The maximum absolute atomic E-state index is 12.9. The number of unbranched alkanes of at least 4 members (excludes halogenated alkanes) is 2. The third-order valence-electron chi connectivity index (χ3n) is 3.73. The van der Waals surface area contributed by atoms with E-state index < -0.39 is 34.0 Å². The predicted octanol–water partition coefficient (Wildman–Crippen LogP) is 4.63. The minimum atomic E-state index is -4.63. The van der Waals surface area contributed by atoms with Gasteiger partial charge in [-0.05, 0) is 38.5 Å². The molecule has 0 saturated heterocycles. The van der Waals surface area contributed by atoms with Crippen molar-refractivity contribution in [2.24, 2.45) is 5.41 Å². The monoisotopic (exact) mass is 378 g/mol. The molecule has 140 valence electrons. The van der Waals surface area contributed by atoms with E-state index in [2.05, 4.69) is 10.6 Å². The fraction of sp³-hybridized carbons (Fsp3) is 0.529. The minimum Gasteiger partial charge on any atom is -0.355 e. The number of nitrogens with one attached hydrogen (secondary N) is 2. The van der Waals surface area contributed by atoms with Gasteiger partial charge in [0.25, 0.3) is 0 Å². The van der Waals surface area contributed by atoms with Crippen LogP contribution >= 0.6 is 11.6 Å². The van der Waals surface area contributed by atoms with Crippen molar-refractivity contribution in [2.75, 3.05) is 11.9 Å². The van der Waals surface area contributed by atoms with Crippen LogP contribution in [0.15, 0.2) is 18.2 Å². The molecule has 0 aliphatic heterocycles. The predicted molar refractivity (Wildman–Crippen MR) is 91.4 cm³/mol. The molecule has 2 amide bonds. The van der Waals surface area contributed by atoms with E-state index >= 15 is 0 Å². The van der Waals surface area contributed by atoms with Crippen LogP contribution < -0.4 is 10.6 Å². The largest absolute Gasteiger partial charge is 0.417 e. The molecule has 1 aromatic carbocycles. The number of halogens is 4. The Labute approximate surface area is 150 Å². The van der Waals surface area contributed by atoms with Gasteiger partial charge in [0.15, 0.2) is 0 Å². The standard InChI is InChI=1S/C17H22ClF3N2O2/c1-4-5-6-9-22-14(24)16(2,3)15(25)23-11-7-8-13(18)12(10-11)17(19,20)21/h7-8,10H,4-6,9H2,1-3H3,(H,22,24)(H,23,25). The van der Waals surface area contributed by atoms with E-state index in [0.717, 1.165) is 31.4 Å². The summed E-state index contributed by atoms with van der Waals surface area (Å²) in [6.07, 6.45) is -1.88. The molecule has 0 unspecified atom stereocenters. The Balaban J connectivity index is 2.82. The number of hydrogen-bond donors (Lipinski definition) is 2. The molecule has 0 spiro atoms. The van der Waals surface area contributed by atoms with Gasteiger partial charge < -0.3 is 10.6 Å². The van der Waals surface area contributed by atoms with Crippen molar-refractivity contribution < 1.29 is 22.8 Å². The van der Waals surface area contributed by atoms with Gasteiger partial charge in [0, 0.05) is 12.2 Å². The number of anilines is 1. The first kappa shape index (κ1) is 21.3. The summed E-state index contributed by atoms with van der Waals surface area (Å²) in [5.74, 6) is -1.18. The van der Waals surface area contributed by atoms with Crippen molar-refractivity contribution in [1.82, 2.24) is 5.32 Å². The van der Waals surface area contributed by atoms with Crippen molar-refractivity contribution in [1.29, 1.82) is 0 Å². The van der Waals surface area contributed by atoms with Crippen molar-refractivity contribution >= 4 is 29.1 Å². The van der Waals surface area contributed by atoms with E-state index in [1.54, 1.807) is 0 Å². The lowest BCUT2D eigenvalue weighted by molar-refractivity contribution is -0.139. The van der Waals surface area contributed by atoms with Crippen LogP contribution in [0.1, 0.15) is 45.6 Å². The van der Waals surface area contributed by atoms with E-state index in [9.17, 15) is 22.8 Å². The Kier molecular flexibility index (Phi) is 7.29. The number of hydrogen-bond acceptors (Lipinski definition) is 2. The summed E-state index contributed by atoms with van der Waals surface area (Å²) in [4.78, 5) is 24.5.